The molecule has 144 valence electrons. The third kappa shape index (κ3) is 3.02. The van der Waals surface area contributed by atoms with Gasteiger partial charge in [0, 0.05) is 6.07 Å². The SMILES string of the molecule is CC1(C)CCC[C@@]2(C)C1CC[C@@](C)(O)C2Cc1cc(O)cc(O)c1C=O. The number of carbonyl (C=O) groups excluding carboxylic acids is 1. The maximum absolute atomic E-state index is 11.5. The van der Waals surface area contributed by atoms with Crippen molar-refractivity contribution in [3.8, 4) is 11.5 Å². The molecule has 0 aliphatic heterocycles. The number of hydrogen-bond donors (Lipinski definition) is 3. The van der Waals surface area contributed by atoms with E-state index in [2.05, 4.69) is 20.8 Å². The van der Waals surface area contributed by atoms with Crippen LogP contribution in [0.1, 0.15) is 75.7 Å². The monoisotopic (exact) mass is 360 g/mol. The second-order valence-electron chi connectivity index (χ2n) is 9.71. The molecular weight excluding hydrogens is 328 g/mol. The highest BCUT2D eigenvalue weighted by molar-refractivity contribution is 5.82. The van der Waals surface area contributed by atoms with Crippen molar-refractivity contribution in [2.75, 3.05) is 0 Å². The average molecular weight is 360 g/mol. The molecule has 2 fully saturated rings. The third-order valence-corrected chi connectivity index (χ3v) is 7.53. The molecule has 2 unspecified atom stereocenters. The van der Waals surface area contributed by atoms with Crippen LogP contribution in [0.2, 0.25) is 0 Å². The van der Waals surface area contributed by atoms with E-state index in [0.717, 1.165) is 25.7 Å². The minimum atomic E-state index is -0.833. The quantitative estimate of drug-likeness (QED) is 0.696. The summed E-state index contributed by atoms with van der Waals surface area (Å²) in [7, 11) is 0. The lowest BCUT2D eigenvalue weighted by molar-refractivity contribution is -0.166. The fourth-order valence-corrected chi connectivity index (χ4v) is 6.28. The van der Waals surface area contributed by atoms with E-state index in [-0.39, 0.29) is 33.8 Å². The van der Waals surface area contributed by atoms with Crippen LogP contribution in [-0.2, 0) is 6.42 Å². The molecule has 26 heavy (non-hydrogen) atoms. The zero-order valence-electron chi connectivity index (χ0n) is 16.4. The lowest BCUT2D eigenvalue weighted by Gasteiger charge is -2.61. The molecular formula is C22H32O4. The molecule has 3 rings (SSSR count). The Morgan fingerprint density at radius 1 is 1.12 bits per heavy atom. The molecule has 3 N–H and O–H groups in total. The van der Waals surface area contributed by atoms with E-state index in [0.29, 0.717) is 24.2 Å². The number of phenolic OH excluding ortho intramolecular Hbond substituents is 2. The number of carbonyl (C=O) groups is 1. The first kappa shape index (κ1) is 19.2. The Morgan fingerprint density at radius 3 is 2.46 bits per heavy atom. The standard InChI is InChI=1S/C22H32O4/c1-20(2)7-5-8-21(3)18(20)6-9-22(4,26)19(21)11-14-10-15(24)12-17(25)16(14)13-23/h10,12-13,18-19,24-26H,5-9,11H2,1-4H3/t18?,19?,21-,22+/m0/s1. The Bertz CT molecular complexity index is 706. The van der Waals surface area contributed by atoms with Crippen molar-refractivity contribution in [3.63, 3.8) is 0 Å². The van der Waals surface area contributed by atoms with Crippen LogP contribution >= 0.6 is 0 Å². The predicted octanol–water partition coefficient (Wildman–Crippen LogP) is 4.45. The van der Waals surface area contributed by atoms with Crippen molar-refractivity contribution in [3.05, 3.63) is 23.3 Å². The van der Waals surface area contributed by atoms with E-state index in [9.17, 15) is 20.1 Å². The van der Waals surface area contributed by atoms with Gasteiger partial charge in [0.15, 0.2) is 6.29 Å². The van der Waals surface area contributed by atoms with Gasteiger partial charge in [-0.1, -0.05) is 27.2 Å². The summed E-state index contributed by atoms with van der Waals surface area (Å²) in [6, 6.07) is 2.75. The molecule has 0 heterocycles. The largest absolute Gasteiger partial charge is 0.508 e. The number of hydrogen-bond acceptors (Lipinski definition) is 4. The molecule has 4 nitrogen and oxygen atoms in total. The van der Waals surface area contributed by atoms with Crippen molar-refractivity contribution in [2.45, 2.75) is 71.8 Å². The van der Waals surface area contributed by atoms with E-state index < -0.39 is 5.60 Å². The maximum Gasteiger partial charge on any atom is 0.154 e. The normalized spacial score (nSPS) is 36.3. The van der Waals surface area contributed by atoms with Crippen molar-refractivity contribution < 1.29 is 20.1 Å². The Morgan fingerprint density at radius 2 is 1.81 bits per heavy atom. The van der Waals surface area contributed by atoms with Gasteiger partial charge in [0.05, 0.1) is 11.2 Å². The maximum atomic E-state index is 11.5. The minimum Gasteiger partial charge on any atom is -0.508 e. The number of phenols is 2. The topological polar surface area (TPSA) is 77.8 Å². The number of fused-ring (bicyclic) bond motifs is 1. The number of aliphatic hydroxyl groups is 1. The molecule has 0 radical (unpaired) electrons. The Labute approximate surface area is 156 Å². The van der Waals surface area contributed by atoms with E-state index >= 15 is 0 Å². The molecule has 0 bridgehead atoms. The zero-order chi connectivity index (χ0) is 19.3. The van der Waals surface area contributed by atoms with Crippen LogP contribution in [0.25, 0.3) is 0 Å². The van der Waals surface area contributed by atoms with Crippen molar-refractivity contribution in [2.24, 2.45) is 22.7 Å². The summed E-state index contributed by atoms with van der Waals surface area (Å²) in [4.78, 5) is 11.5. The van der Waals surface area contributed by atoms with Crippen LogP contribution in [0.3, 0.4) is 0 Å². The summed E-state index contributed by atoms with van der Waals surface area (Å²) in [5, 5.41) is 31.2. The van der Waals surface area contributed by atoms with Gasteiger partial charge in [-0.05, 0) is 73.3 Å². The van der Waals surface area contributed by atoms with Gasteiger partial charge in [-0.2, -0.15) is 0 Å². The van der Waals surface area contributed by atoms with Crippen LogP contribution in [0.4, 0.5) is 0 Å². The lowest BCUT2D eigenvalue weighted by Crippen LogP contribution is -2.58. The average Bonchev–Trinajstić information content (AvgIpc) is 2.49. The van der Waals surface area contributed by atoms with Gasteiger partial charge in [0.25, 0.3) is 0 Å². The first-order valence-electron chi connectivity index (χ1n) is 9.74. The first-order valence-corrected chi connectivity index (χ1v) is 9.74. The van der Waals surface area contributed by atoms with Crippen LogP contribution in [-0.4, -0.2) is 27.2 Å². The summed E-state index contributed by atoms with van der Waals surface area (Å²) < 4.78 is 0. The molecule has 0 aromatic heterocycles. The fourth-order valence-electron chi connectivity index (χ4n) is 6.28. The highest BCUT2D eigenvalue weighted by Gasteiger charge is 2.57. The highest BCUT2D eigenvalue weighted by atomic mass is 16.3. The van der Waals surface area contributed by atoms with Gasteiger partial charge in [-0.3, -0.25) is 4.79 Å². The van der Waals surface area contributed by atoms with E-state index in [1.54, 1.807) is 6.07 Å². The number of benzene rings is 1. The summed E-state index contributed by atoms with van der Waals surface area (Å²) in [5.74, 6) is 0.230. The van der Waals surface area contributed by atoms with Gasteiger partial charge >= 0.3 is 0 Å². The Kier molecular flexibility index (Phi) is 4.63. The summed E-state index contributed by atoms with van der Waals surface area (Å²) >= 11 is 0. The van der Waals surface area contributed by atoms with E-state index in [1.807, 2.05) is 6.92 Å². The van der Waals surface area contributed by atoms with Crippen molar-refractivity contribution in [1.29, 1.82) is 0 Å². The molecule has 0 amide bonds. The summed E-state index contributed by atoms with van der Waals surface area (Å²) in [6.07, 6.45) is 6.27. The second kappa shape index (κ2) is 6.26. The molecule has 0 saturated heterocycles. The van der Waals surface area contributed by atoms with Crippen LogP contribution < -0.4 is 0 Å². The number of rotatable bonds is 3. The molecule has 2 aliphatic carbocycles. The van der Waals surface area contributed by atoms with Crippen LogP contribution in [0, 0.1) is 22.7 Å². The molecule has 0 spiro atoms. The molecule has 4 heteroatoms. The highest BCUT2D eigenvalue weighted by Crippen LogP contribution is 2.62. The lowest BCUT2D eigenvalue weighted by atomic mass is 9.45. The first-order chi connectivity index (χ1) is 12.0. The van der Waals surface area contributed by atoms with Gasteiger partial charge in [0.1, 0.15) is 11.5 Å². The van der Waals surface area contributed by atoms with Gasteiger partial charge in [0.2, 0.25) is 0 Å². The molecule has 1 aromatic carbocycles. The fraction of sp³-hybridized carbons (Fsp3) is 0.682. The number of aldehydes is 1. The van der Waals surface area contributed by atoms with E-state index in [1.165, 1.54) is 12.5 Å². The van der Waals surface area contributed by atoms with Crippen LogP contribution in [0.5, 0.6) is 11.5 Å². The predicted molar refractivity (Wildman–Crippen MR) is 101 cm³/mol. The smallest absolute Gasteiger partial charge is 0.154 e. The van der Waals surface area contributed by atoms with Crippen LogP contribution in [0.15, 0.2) is 12.1 Å². The van der Waals surface area contributed by atoms with Gasteiger partial charge < -0.3 is 15.3 Å². The molecule has 1 aromatic rings. The third-order valence-electron chi connectivity index (χ3n) is 7.53. The Balaban J connectivity index is 2.05. The minimum absolute atomic E-state index is 0.0341. The van der Waals surface area contributed by atoms with Crippen molar-refractivity contribution >= 4 is 6.29 Å². The van der Waals surface area contributed by atoms with Gasteiger partial charge in [-0.25, -0.2) is 0 Å². The summed E-state index contributed by atoms with van der Waals surface area (Å²) in [6.45, 7) is 8.87. The van der Waals surface area contributed by atoms with Gasteiger partial charge in [-0.15, -0.1) is 0 Å². The second-order valence-corrected chi connectivity index (χ2v) is 9.71. The summed E-state index contributed by atoms with van der Waals surface area (Å²) in [5.41, 5.74) is 0.202. The Hall–Kier alpha value is -1.55. The molecule has 4 atom stereocenters. The molecule has 2 saturated carbocycles. The zero-order valence-corrected chi connectivity index (χ0v) is 16.4. The number of aromatic hydroxyl groups is 2. The van der Waals surface area contributed by atoms with E-state index in [4.69, 9.17) is 0 Å². The molecule has 2 aliphatic rings. The van der Waals surface area contributed by atoms with Crippen molar-refractivity contribution in [1.82, 2.24) is 0 Å².